The van der Waals surface area contributed by atoms with E-state index < -0.39 is 10.9 Å². The Balaban J connectivity index is 3.03. The molecular formula is C10H11BrF2O. The van der Waals surface area contributed by atoms with Gasteiger partial charge in [0.1, 0.15) is 0 Å². The van der Waals surface area contributed by atoms with Gasteiger partial charge in [-0.1, -0.05) is 18.2 Å². The third-order valence-corrected chi connectivity index (χ3v) is 2.59. The van der Waals surface area contributed by atoms with E-state index in [1.807, 2.05) is 13.8 Å². The van der Waals surface area contributed by atoms with Crippen LogP contribution in [0.5, 0.6) is 0 Å². The molecule has 1 atom stereocenters. The Kier molecular flexibility index (Phi) is 3.27. The monoisotopic (exact) mass is 264 g/mol. The van der Waals surface area contributed by atoms with Crippen LogP contribution < -0.4 is 0 Å². The minimum atomic E-state index is -3.28. The molecule has 0 aliphatic carbocycles. The molecule has 0 bridgehead atoms. The van der Waals surface area contributed by atoms with E-state index in [2.05, 4.69) is 15.9 Å². The second-order valence-corrected chi connectivity index (χ2v) is 4.35. The Morgan fingerprint density at radius 2 is 1.86 bits per heavy atom. The van der Waals surface area contributed by atoms with Gasteiger partial charge in [-0.15, -0.1) is 0 Å². The summed E-state index contributed by atoms with van der Waals surface area (Å²) in [5, 5.41) is 9.28. The fraction of sp³-hybridized carbons (Fsp3) is 0.400. The molecule has 14 heavy (non-hydrogen) atoms. The summed E-state index contributed by atoms with van der Waals surface area (Å²) in [5.41, 5.74) is 2.12. The standard InChI is InChI=1S/C10H11BrF2O/c1-6-3-4-8(5-7(6)2)9(14)10(11,12)13/h3-5,9,14H,1-2H3. The molecule has 0 saturated carbocycles. The first kappa shape index (κ1) is 11.6. The number of hydrogen-bond acceptors (Lipinski definition) is 1. The summed E-state index contributed by atoms with van der Waals surface area (Å²) in [6, 6.07) is 4.78. The van der Waals surface area contributed by atoms with E-state index in [-0.39, 0.29) is 5.56 Å². The van der Waals surface area contributed by atoms with Gasteiger partial charge in [-0.05, 0) is 46.5 Å². The van der Waals surface area contributed by atoms with Crippen LogP contribution in [0.4, 0.5) is 8.78 Å². The molecule has 1 aromatic rings. The smallest absolute Gasteiger partial charge is 0.330 e. The largest absolute Gasteiger partial charge is 0.381 e. The van der Waals surface area contributed by atoms with Gasteiger partial charge in [-0.2, -0.15) is 8.78 Å². The lowest BCUT2D eigenvalue weighted by Gasteiger charge is -2.17. The van der Waals surface area contributed by atoms with Crippen molar-refractivity contribution in [3.05, 3.63) is 34.9 Å². The van der Waals surface area contributed by atoms with Crippen LogP contribution in [0.15, 0.2) is 18.2 Å². The summed E-state index contributed by atoms with van der Waals surface area (Å²) < 4.78 is 25.4. The van der Waals surface area contributed by atoms with Crippen molar-refractivity contribution in [1.82, 2.24) is 0 Å². The number of aliphatic hydroxyl groups is 1. The van der Waals surface area contributed by atoms with Crippen LogP contribution in [0.3, 0.4) is 0 Å². The van der Waals surface area contributed by atoms with Crippen molar-refractivity contribution in [2.75, 3.05) is 0 Å². The van der Waals surface area contributed by atoms with Gasteiger partial charge in [0.15, 0.2) is 6.10 Å². The van der Waals surface area contributed by atoms with Crippen LogP contribution in [0, 0.1) is 13.8 Å². The third-order valence-electron chi connectivity index (χ3n) is 2.16. The van der Waals surface area contributed by atoms with Crippen molar-refractivity contribution < 1.29 is 13.9 Å². The first-order valence-corrected chi connectivity index (χ1v) is 4.93. The van der Waals surface area contributed by atoms with E-state index >= 15 is 0 Å². The second kappa shape index (κ2) is 3.95. The maximum Gasteiger partial charge on any atom is 0.330 e. The first-order chi connectivity index (χ1) is 6.32. The van der Waals surface area contributed by atoms with Crippen molar-refractivity contribution in [2.24, 2.45) is 0 Å². The molecule has 0 fully saturated rings. The highest BCUT2D eigenvalue weighted by Crippen LogP contribution is 2.36. The topological polar surface area (TPSA) is 20.2 Å². The summed E-state index contributed by atoms with van der Waals surface area (Å²) in [5.74, 6) is 0. The van der Waals surface area contributed by atoms with E-state index in [9.17, 15) is 13.9 Å². The number of hydrogen-bond donors (Lipinski definition) is 1. The van der Waals surface area contributed by atoms with Gasteiger partial charge in [0.05, 0.1) is 0 Å². The maximum atomic E-state index is 12.7. The minimum absolute atomic E-state index is 0.218. The van der Waals surface area contributed by atoms with Gasteiger partial charge < -0.3 is 5.11 Å². The molecule has 1 aromatic carbocycles. The zero-order valence-corrected chi connectivity index (χ0v) is 9.48. The van der Waals surface area contributed by atoms with Gasteiger partial charge in [-0.25, -0.2) is 0 Å². The Bertz CT molecular complexity index is 333. The van der Waals surface area contributed by atoms with Crippen molar-refractivity contribution >= 4 is 15.9 Å². The molecule has 1 rings (SSSR count). The van der Waals surface area contributed by atoms with Crippen LogP contribution in [0.25, 0.3) is 0 Å². The highest BCUT2D eigenvalue weighted by atomic mass is 79.9. The number of halogens is 3. The number of rotatable bonds is 2. The highest BCUT2D eigenvalue weighted by molar-refractivity contribution is 9.10. The second-order valence-electron chi connectivity index (χ2n) is 3.29. The first-order valence-electron chi connectivity index (χ1n) is 4.14. The molecule has 4 heteroatoms. The van der Waals surface area contributed by atoms with Crippen molar-refractivity contribution in [1.29, 1.82) is 0 Å². The Morgan fingerprint density at radius 1 is 1.29 bits per heavy atom. The number of alkyl halides is 3. The van der Waals surface area contributed by atoms with Crippen LogP contribution in [-0.2, 0) is 0 Å². The normalized spacial score (nSPS) is 14.1. The van der Waals surface area contributed by atoms with E-state index in [0.717, 1.165) is 11.1 Å². The van der Waals surface area contributed by atoms with E-state index in [4.69, 9.17) is 0 Å². The molecule has 0 aliphatic heterocycles. The van der Waals surface area contributed by atoms with Crippen molar-refractivity contribution in [3.8, 4) is 0 Å². The molecule has 0 amide bonds. The van der Waals surface area contributed by atoms with Crippen molar-refractivity contribution in [2.45, 2.75) is 24.8 Å². The van der Waals surface area contributed by atoms with Gasteiger partial charge in [0, 0.05) is 0 Å². The lowest BCUT2D eigenvalue weighted by molar-refractivity contribution is -0.0294. The average molecular weight is 265 g/mol. The van der Waals surface area contributed by atoms with Crippen molar-refractivity contribution in [3.63, 3.8) is 0 Å². The fourth-order valence-electron chi connectivity index (χ4n) is 1.12. The van der Waals surface area contributed by atoms with Crippen LogP contribution in [0.2, 0.25) is 0 Å². The van der Waals surface area contributed by atoms with Crippen LogP contribution in [0.1, 0.15) is 22.8 Å². The van der Waals surface area contributed by atoms with Gasteiger partial charge in [0.25, 0.3) is 0 Å². The predicted molar refractivity (Wildman–Crippen MR) is 54.7 cm³/mol. The molecule has 0 aromatic heterocycles. The van der Waals surface area contributed by atoms with Gasteiger partial charge in [-0.3, -0.25) is 0 Å². The van der Waals surface area contributed by atoms with Crippen LogP contribution in [-0.4, -0.2) is 9.94 Å². The molecule has 1 nitrogen and oxygen atoms in total. The molecule has 0 saturated heterocycles. The highest BCUT2D eigenvalue weighted by Gasteiger charge is 2.36. The summed E-state index contributed by atoms with van der Waals surface area (Å²) >= 11 is 2.14. The number of benzene rings is 1. The zero-order chi connectivity index (χ0) is 10.9. The molecule has 1 unspecified atom stereocenters. The van der Waals surface area contributed by atoms with Gasteiger partial charge in [0.2, 0.25) is 0 Å². The quantitative estimate of drug-likeness (QED) is 0.813. The lowest BCUT2D eigenvalue weighted by atomic mass is 10.0. The predicted octanol–water partition coefficient (Wildman–Crippen LogP) is 3.32. The Labute approximate surface area is 89.9 Å². The minimum Gasteiger partial charge on any atom is -0.381 e. The van der Waals surface area contributed by atoms with E-state index in [1.54, 1.807) is 12.1 Å². The Morgan fingerprint density at radius 3 is 2.29 bits per heavy atom. The lowest BCUT2D eigenvalue weighted by Crippen LogP contribution is -2.18. The summed E-state index contributed by atoms with van der Waals surface area (Å²) in [6.45, 7) is 3.70. The maximum absolute atomic E-state index is 12.7. The van der Waals surface area contributed by atoms with Gasteiger partial charge >= 0.3 is 4.83 Å². The molecule has 0 heterocycles. The fourth-order valence-corrected chi connectivity index (χ4v) is 1.39. The SMILES string of the molecule is Cc1ccc(C(O)C(F)(F)Br)cc1C. The van der Waals surface area contributed by atoms with E-state index in [1.165, 1.54) is 6.07 Å². The molecule has 78 valence electrons. The molecule has 0 spiro atoms. The summed E-state index contributed by atoms with van der Waals surface area (Å²) in [7, 11) is 0. The number of aryl methyl sites for hydroxylation is 2. The summed E-state index contributed by atoms with van der Waals surface area (Å²) in [6.07, 6.45) is -1.80. The molecule has 0 radical (unpaired) electrons. The average Bonchev–Trinajstić information content (AvgIpc) is 2.07. The molecule has 0 aliphatic rings. The molecule has 1 N–H and O–H groups in total. The Hall–Kier alpha value is -0.480. The third kappa shape index (κ3) is 2.51. The van der Waals surface area contributed by atoms with Crippen LogP contribution >= 0.6 is 15.9 Å². The summed E-state index contributed by atoms with van der Waals surface area (Å²) in [4.78, 5) is -3.28. The van der Waals surface area contributed by atoms with E-state index in [0.29, 0.717) is 0 Å². The number of aliphatic hydroxyl groups excluding tert-OH is 1. The molecular weight excluding hydrogens is 254 g/mol. The zero-order valence-electron chi connectivity index (χ0n) is 7.89.